The van der Waals surface area contributed by atoms with E-state index in [-0.39, 0.29) is 5.02 Å². The highest BCUT2D eigenvalue weighted by Gasteiger charge is 2.14. The van der Waals surface area contributed by atoms with Gasteiger partial charge in [-0.3, -0.25) is 0 Å². The van der Waals surface area contributed by atoms with E-state index in [1.807, 2.05) is 18.2 Å². The van der Waals surface area contributed by atoms with E-state index < -0.39 is 11.9 Å². The van der Waals surface area contributed by atoms with Crippen LogP contribution in [0.3, 0.4) is 0 Å². The zero-order valence-corrected chi connectivity index (χ0v) is 11.0. The third kappa shape index (κ3) is 2.86. The molecule has 2 aromatic rings. The Morgan fingerprint density at radius 1 is 1.18 bits per heavy atom. The summed E-state index contributed by atoms with van der Waals surface area (Å²) < 4.78 is 14.0. The fraction of sp³-hybridized carbons (Fsp3) is 0.0769. The van der Waals surface area contributed by atoms with Crippen molar-refractivity contribution in [2.75, 3.05) is 0 Å². The zero-order chi connectivity index (χ0) is 12.4. The Labute approximate surface area is 112 Å². The predicted molar refractivity (Wildman–Crippen MR) is 69.6 cm³/mol. The minimum absolute atomic E-state index is 0.270. The van der Waals surface area contributed by atoms with Crippen molar-refractivity contribution in [3.05, 3.63) is 68.9 Å². The highest BCUT2D eigenvalue weighted by Crippen LogP contribution is 2.30. The molecule has 0 amide bonds. The average molecular weight is 316 g/mol. The summed E-state index contributed by atoms with van der Waals surface area (Å²) in [6.45, 7) is 0. The molecule has 0 spiro atoms. The lowest BCUT2D eigenvalue weighted by atomic mass is 10.0. The molecule has 0 aliphatic carbocycles. The van der Waals surface area contributed by atoms with E-state index in [1.165, 1.54) is 12.1 Å². The van der Waals surface area contributed by atoms with Crippen LogP contribution in [0, 0.1) is 5.82 Å². The van der Waals surface area contributed by atoms with Crippen molar-refractivity contribution in [2.45, 2.75) is 6.10 Å². The van der Waals surface area contributed by atoms with Crippen molar-refractivity contribution < 1.29 is 9.50 Å². The van der Waals surface area contributed by atoms with Gasteiger partial charge in [-0.25, -0.2) is 4.39 Å². The van der Waals surface area contributed by atoms with Crippen molar-refractivity contribution in [2.24, 2.45) is 0 Å². The van der Waals surface area contributed by atoms with Gasteiger partial charge in [0.05, 0.1) is 0 Å². The minimum atomic E-state index is -0.904. The normalized spacial score (nSPS) is 12.5. The smallest absolute Gasteiger partial charge is 0.125 e. The van der Waals surface area contributed by atoms with Gasteiger partial charge in [-0.05, 0) is 35.4 Å². The third-order valence-electron chi connectivity index (χ3n) is 2.40. The molecule has 2 rings (SSSR count). The Balaban J connectivity index is 2.43. The standard InChI is InChI=1S/C13H9BrClFO/c14-12-4-2-1-3-11(12)13(17)8-5-9(15)7-10(16)6-8/h1-7,13,17H/t13-/m1/s1. The van der Waals surface area contributed by atoms with Crippen LogP contribution in [-0.4, -0.2) is 5.11 Å². The first-order valence-electron chi connectivity index (χ1n) is 4.96. The van der Waals surface area contributed by atoms with Crippen LogP contribution in [0.25, 0.3) is 0 Å². The van der Waals surface area contributed by atoms with E-state index in [2.05, 4.69) is 15.9 Å². The molecule has 2 aromatic carbocycles. The summed E-state index contributed by atoms with van der Waals surface area (Å²) in [4.78, 5) is 0. The summed E-state index contributed by atoms with van der Waals surface area (Å²) >= 11 is 9.10. The molecule has 1 nitrogen and oxygen atoms in total. The fourth-order valence-electron chi connectivity index (χ4n) is 1.61. The molecule has 0 fully saturated rings. The number of rotatable bonds is 2. The highest BCUT2D eigenvalue weighted by atomic mass is 79.9. The van der Waals surface area contributed by atoms with Crippen LogP contribution in [0.15, 0.2) is 46.9 Å². The molecule has 88 valence electrons. The van der Waals surface area contributed by atoms with E-state index in [9.17, 15) is 9.50 Å². The van der Waals surface area contributed by atoms with Crippen LogP contribution < -0.4 is 0 Å². The van der Waals surface area contributed by atoms with Gasteiger partial charge in [0, 0.05) is 9.50 Å². The Morgan fingerprint density at radius 3 is 2.53 bits per heavy atom. The summed E-state index contributed by atoms with van der Waals surface area (Å²) in [5.41, 5.74) is 1.11. The molecule has 0 aromatic heterocycles. The van der Waals surface area contributed by atoms with Gasteiger partial charge in [0.2, 0.25) is 0 Å². The highest BCUT2D eigenvalue weighted by molar-refractivity contribution is 9.10. The predicted octanol–water partition coefficient (Wildman–Crippen LogP) is 4.32. The maximum Gasteiger partial charge on any atom is 0.125 e. The SMILES string of the molecule is O[C@H](c1cc(F)cc(Cl)c1)c1ccccc1Br. The van der Waals surface area contributed by atoms with Gasteiger partial charge < -0.3 is 5.11 Å². The van der Waals surface area contributed by atoms with Gasteiger partial charge in [-0.1, -0.05) is 45.7 Å². The van der Waals surface area contributed by atoms with Crippen LogP contribution in [0.2, 0.25) is 5.02 Å². The Hall–Kier alpha value is -0.900. The fourth-order valence-corrected chi connectivity index (χ4v) is 2.34. The number of halogens is 3. The van der Waals surface area contributed by atoms with Crippen LogP contribution in [0.5, 0.6) is 0 Å². The molecule has 0 radical (unpaired) electrons. The van der Waals surface area contributed by atoms with E-state index in [0.717, 1.165) is 4.47 Å². The molecular weight excluding hydrogens is 306 g/mol. The van der Waals surface area contributed by atoms with Gasteiger partial charge in [0.1, 0.15) is 11.9 Å². The van der Waals surface area contributed by atoms with Crippen LogP contribution >= 0.6 is 27.5 Å². The van der Waals surface area contributed by atoms with Crippen molar-refractivity contribution in [1.82, 2.24) is 0 Å². The average Bonchev–Trinajstić information content (AvgIpc) is 2.27. The second kappa shape index (κ2) is 5.17. The second-order valence-corrected chi connectivity index (χ2v) is 4.92. The van der Waals surface area contributed by atoms with Crippen LogP contribution in [0.4, 0.5) is 4.39 Å². The van der Waals surface area contributed by atoms with Crippen LogP contribution in [-0.2, 0) is 0 Å². The Morgan fingerprint density at radius 2 is 1.88 bits per heavy atom. The number of hydrogen-bond donors (Lipinski definition) is 1. The largest absolute Gasteiger partial charge is 0.384 e. The Bertz CT molecular complexity index is 524. The first kappa shape index (κ1) is 12.6. The lowest BCUT2D eigenvalue weighted by Crippen LogP contribution is -2.01. The maximum absolute atomic E-state index is 13.2. The molecule has 1 N–H and O–H groups in total. The van der Waals surface area contributed by atoms with Gasteiger partial charge in [0.15, 0.2) is 0 Å². The topological polar surface area (TPSA) is 20.2 Å². The van der Waals surface area contributed by atoms with E-state index >= 15 is 0 Å². The first-order chi connectivity index (χ1) is 8.08. The first-order valence-corrected chi connectivity index (χ1v) is 6.13. The molecule has 17 heavy (non-hydrogen) atoms. The molecule has 0 aliphatic heterocycles. The molecule has 0 saturated carbocycles. The molecule has 0 bridgehead atoms. The van der Waals surface area contributed by atoms with Gasteiger partial charge in [-0.15, -0.1) is 0 Å². The zero-order valence-electron chi connectivity index (χ0n) is 8.70. The number of aliphatic hydroxyl groups excluding tert-OH is 1. The van der Waals surface area contributed by atoms with Crippen molar-refractivity contribution in [3.8, 4) is 0 Å². The lowest BCUT2D eigenvalue weighted by Gasteiger charge is -2.13. The van der Waals surface area contributed by atoms with Crippen molar-refractivity contribution in [3.63, 3.8) is 0 Å². The quantitative estimate of drug-likeness (QED) is 0.875. The minimum Gasteiger partial charge on any atom is -0.384 e. The number of aliphatic hydroxyl groups is 1. The molecule has 0 aliphatic rings. The number of hydrogen-bond acceptors (Lipinski definition) is 1. The van der Waals surface area contributed by atoms with Gasteiger partial charge in [0.25, 0.3) is 0 Å². The molecular formula is C13H9BrClFO. The molecule has 4 heteroatoms. The molecule has 0 saturated heterocycles. The monoisotopic (exact) mass is 314 g/mol. The van der Waals surface area contributed by atoms with Gasteiger partial charge >= 0.3 is 0 Å². The molecule has 0 unspecified atom stereocenters. The summed E-state index contributed by atoms with van der Waals surface area (Å²) in [5, 5.41) is 10.4. The van der Waals surface area contributed by atoms with Crippen molar-refractivity contribution in [1.29, 1.82) is 0 Å². The lowest BCUT2D eigenvalue weighted by molar-refractivity contribution is 0.219. The summed E-state index contributed by atoms with van der Waals surface area (Å²) in [6, 6.07) is 11.3. The van der Waals surface area contributed by atoms with Crippen molar-refractivity contribution >= 4 is 27.5 Å². The van der Waals surface area contributed by atoms with E-state index in [1.54, 1.807) is 12.1 Å². The Kier molecular flexibility index (Phi) is 3.82. The van der Waals surface area contributed by atoms with E-state index in [4.69, 9.17) is 11.6 Å². The van der Waals surface area contributed by atoms with Gasteiger partial charge in [-0.2, -0.15) is 0 Å². The molecule has 0 heterocycles. The second-order valence-electron chi connectivity index (χ2n) is 3.63. The van der Waals surface area contributed by atoms with Crippen LogP contribution in [0.1, 0.15) is 17.2 Å². The van der Waals surface area contributed by atoms with E-state index in [0.29, 0.717) is 11.1 Å². The third-order valence-corrected chi connectivity index (χ3v) is 3.34. The molecule has 1 atom stereocenters. The summed E-state index contributed by atoms with van der Waals surface area (Å²) in [5.74, 6) is -0.460. The maximum atomic E-state index is 13.2. The number of benzene rings is 2. The summed E-state index contributed by atoms with van der Waals surface area (Å²) in [6.07, 6.45) is -0.904. The summed E-state index contributed by atoms with van der Waals surface area (Å²) in [7, 11) is 0.